The number of nitrogens with zero attached hydrogens (tertiary/aromatic N) is 1. The fourth-order valence-electron chi connectivity index (χ4n) is 2.60. The van der Waals surface area contributed by atoms with Gasteiger partial charge in [0.15, 0.2) is 0 Å². The van der Waals surface area contributed by atoms with Crippen LogP contribution in [0.3, 0.4) is 0 Å². The van der Waals surface area contributed by atoms with Gasteiger partial charge < -0.3 is 10.4 Å². The van der Waals surface area contributed by atoms with Crippen molar-refractivity contribution in [2.45, 2.75) is 44.8 Å². The first-order valence-electron chi connectivity index (χ1n) is 6.68. The van der Waals surface area contributed by atoms with Crippen molar-refractivity contribution in [2.75, 3.05) is 6.54 Å². The van der Waals surface area contributed by atoms with Crippen molar-refractivity contribution in [3.63, 3.8) is 0 Å². The maximum atomic E-state index is 9.64. The van der Waals surface area contributed by atoms with Crippen LogP contribution in [0.15, 0.2) is 18.3 Å². The third-order valence-electron chi connectivity index (χ3n) is 3.72. The van der Waals surface area contributed by atoms with Crippen LogP contribution in [-0.2, 0) is 0 Å². The summed E-state index contributed by atoms with van der Waals surface area (Å²) in [4.78, 5) is 3.99. The van der Waals surface area contributed by atoms with Crippen LogP contribution in [-0.4, -0.2) is 22.7 Å². The van der Waals surface area contributed by atoms with E-state index in [9.17, 15) is 5.11 Å². The SMILES string of the molecule is CC(NCC1CCCC(O)C1)c1ccnc(Cl)c1. The van der Waals surface area contributed by atoms with E-state index in [0.29, 0.717) is 11.1 Å². The van der Waals surface area contributed by atoms with Gasteiger partial charge in [0.25, 0.3) is 0 Å². The maximum absolute atomic E-state index is 9.64. The highest BCUT2D eigenvalue weighted by atomic mass is 35.5. The number of aromatic nitrogens is 1. The third kappa shape index (κ3) is 3.94. The number of pyridine rings is 1. The molecule has 0 amide bonds. The molecular weight excluding hydrogens is 248 g/mol. The summed E-state index contributed by atoms with van der Waals surface area (Å²) < 4.78 is 0. The lowest BCUT2D eigenvalue weighted by molar-refractivity contribution is 0.0998. The van der Waals surface area contributed by atoms with Crippen LogP contribution in [0, 0.1) is 5.92 Å². The molecule has 0 saturated heterocycles. The molecule has 1 aliphatic carbocycles. The molecule has 1 aromatic rings. The molecule has 1 fully saturated rings. The van der Waals surface area contributed by atoms with Crippen LogP contribution in [0.2, 0.25) is 5.15 Å². The Morgan fingerprint density at radius 3 is 3.11 bits per heavy atom. The Labute approximate surface area is 114 Å². The summed E-state index contributed by atoms with van der Waals surface area (Å²) in [5.41, 5.74) is 1.16. The molecule has 0 aromatic carbocycles. The van der Waals surface area contributed by atoms with Crippen LogP contribution in [0.25, 0.3) is 0 Å². The highest BCUT2D eigenvalue weighted by Crippen LogP contribution is 2.24. The van der Waals surface area contributed by atoms with Crippen molar-refractivity contribution < 1.29 is 5.11 Å². The van der Waals surface area contributed by atoms with E-state index >= 15 is 0 Å². The second-order valence-electron chi connectivity index (χ2n) is 5.23. The maximum Gasteiger partial charge on any atom is 0.129 e. The van der Waals surface area contributed by atoms with Gasteiger partial charge in [-0.3, -0.25) is 0 Å². The smallest absolute Gasteiger partial charge is 0.129 e. The lowest BCUT2D eigenvalue weighted by Gasteiger charge is -2.27. The molecule has 0 spiro atoms. The Hall–Kier alpha value is -0.640. The number of aliphatic hydroxyl groups is 1. The minimum atomic E-state index is -0.101. The van der Waals surface area contributed by atoms with Crippen molar-refractivity contribution in [1.82, 2.24) is 10.3 Å². The molecule has 100 valence electrons. The Morgan fingerprint density at radius 2 is 2.39 bits per heavy atom. The second kappa shape index (κ2) is 6.50. The first kappa shape index (κ1) is 13.8. The average molecular weight is 269 g/mol. The molecule has 3 unspecified atom stereocenters. The number of hydrogen-bond donors (Lipinski definition) is 2. The van der Waals surface area contributed by atoms with Gasteiger partial charge in [0.2, 0.25) is 0 Å². The molecule has 2 N–H and O–H groups in total. The zero-order valence-electron chi connectivity index (χ0n) is 10.8. The topological polar surface area (TPSA) is 45.1 Å². The zero-order chi connectivity index (χ0) is 13.0. The molecule has 2 rings (SSSR count). The quantitative estimate of drug-likeness (QED) is 0.826. The monoisotopic (exact) mass is 268 g/mol. The zero-order valence-corrected chi connectivity index (χ0v) is 11.5. The lowest BCUT2D eigenvalue weighted by Crippen LogP contribution is -2.30. The Kier molecular flexibility index (Phi) is 4.98. The minimum absolute atomic E-state index is 0.101. The van der Waals surface area contributed by atoms with Gasteiger partial charge >= 0.3 is 0 Å². The Balaban J connectivity index is 1.82. The summed E-state index contributed by atoms with van der Waals surface area (Å²) in [5.74, 6) is 0.591. The first-order chi connectivity index (χ1) is 8.65. The predicted octanol–water partition coefficient (Wildman–Crippen LogP) is 2.94. The summed E-state index contributed by atoms with van der Waals surface area (Å²) in [6.45, 7) is 3.09. The van der Waals surface area contributed by atoms with Crippen molar-refractivity contribution in [3.8, 4) is 0 Å². The van der Waals surface area contributed by atoms with Crippen molar-refractivity contribution >= 4 is 11.6 Å². The number of nitrogens with one attached hydrogen (secondary N) is 1. The van der Waals surface area contributed by atoms with E-state index in [1.165, 1.54) is 6.42 Å². The summed E-state index contributed by atoms with van der Waals surface area (Å²) in [5, 5.41) is 13.7. The Morgan fingerprint density at radius 1 is 1.56 bits per heavy atom. The van der Waals surface area contributed by atoms with Gasteiger partial charge in [-0.15, -0.1) is 0 Å². The summed E-state index contributed by atoms with van der Waals surface area (Å²) >= 11 is 5.88. The van der Waals surface area contributed by atoms with Gasteiger partial charge in [-0.2, -0.15) is 0 Å². The summed E-state index contributed by atoms with van der Waals surface area (Å²) in [6.07, 6.45) is 5.89. The van der Waals surface area contributed by atoms with E-state index < -0.39 is 0 Å². The molecule has 4 heteroatoms. The predicted molar refractivity (Wildman–Crippen MR) is 73.6 cm³/mol. The lowest BCUT2D eigenvalue weighted by atomic mass is 9.87. The summed E-state index contributed by atoms with van der Waals surface area (Å²) in [6, 6.07) is 4.15. The second-order valence-corrected chi connectivity index (χ2v) is 5.62. The minimum Gasteiger partial charge on any atom is -0.393 e. The molecule has 18 heavy (non-hydrogen) atoms. The van der Waals surface area contributed by atoms with Gasteiger partial charge in [-0.1, -0.05) is 18.0 Å². The highest BCUT2D eigenvalue weighted by Gasteiger charge is 2.20. The molecule has 1 aliphatic rings. The highest BCUT2D eigenvalue weighted by molar-refractivity contribution is 6.29. The van der Waals surface area contributed by atoms with Crippen LogP contribution >= 0.6 is 11.6 Å². The summed E-state index contributed by atoms with van der Waals surface area (Å²) in [7, 11) is 0. The van der Waals surface area contributed by atoms with Crippen molar-refractivity contribution in [3.05, 3.63) is 29.0 Å². The molecule has 1 saturated carbocycles. The van der Waals surface area contributed by atoms with E-state index in [4.69, 9.17) is 11.6 Å². The van der Waals surface area contributed by atoms with Crippen LogP contribution < -0.4 is 5.32 Å². The molecular formula is C14H21ClN2O. The van der Waals surface area contributed by atoms with Crippen molar-refractivity contribution in [2.24, 2.45) is 5.92 Å². The normalized spacial score (nSPS) is 25.9. The van der Waals surface area contributed by atoms with Gasteiger partial charge in [0.1, 0.15) is 5.15 Å². The van der Waals surface area contributed by atoms with E-state index in [1.54, 1.807) is 6.20 Å². The molecule has 0 radical (unpaired) electrons. The number of hydrogen-bond acceptors (Lipinski definition) is 3. The van der Waals surface area contributed by atoms with Crippen LogP contribution in [0.1, 0.15) is 44.2 Å². The fraction of sp³-hybridized carbons (Fsp3) is 0.643. The van der Waals surface area contributed by atoms with E-state index in [-0.39, 0.29) is 12.1 Å². The largest absolute Gasteiger partial charge is 0.393 e. The van der Waals surface area contributed by atoms with Gasteiger partial charge in [-0.25, -0.2) is 4.98 Å². The molecule has 1 aromatic heterocycles. The Bertz CT molecular complexity index is 386. The third-order valence-corrected chi connectivity index (χ3v) is 3.93. The van der Waals surface area contributed by atoms with Crippen LogP contribution in [0.4, 0.5) is 0 Å². The van der Waals surface area contributed by atoms with E-state index in [2.05, 4.69) is 17.2 Å². The van der Waals surface area contributed by atoms with E-state index in [1.807, 2.05) is 12.1 Å². The molecule has 0 aliphatic heterocycles. The van der Waals surface area contributed by atoms with Crippen molar-refractivity contribution in [1.29, 1.82) is 0 Å². The number of halogens is 1. The standard InChI is InChI=1S/C14H21ClN2O/c1-10(12-5-6-16-14(15)8-12)17-9-11-3-2-4-13(18)7-11/h5-6,8,10-11,13,17-18H,2-4,7,9H2,1H3. The number of rotatable bonds is 4. The molecule has 1 heterocycles. The molecule has 0 bridgehead atoms. The first-order valence-corrected chi connectivity index (χ1v) is 7.06. The molecule has 3 nitrogen and oxygen atoms in total. The average Bonchev–Trinajstić information content (AvgIpc) is 2.36. The van der Waals surface area contributed by atoms with E-state index in [0.717, 1.165) is 31.4 Å². The van der Waals surface area contributed by atoms with Gasteiger partial charge in [0, 0.05) is 12.2 Å². The number of aliphatic hydroxyl groups excluding tert-OH is 1. The van der Waals surface area contributed by atoms with Gasteiger partial charge in [-0.05, 0) is 56.3 Å². The van der Waals surface area contributed by atoms with Crippen LogP contribution in [0.5, 0.6) is 0 Å². The fourth-order valence-corrected chi connectivity index (χ4v) is 2.78. The molecule has 3 atom stereocenters. The van der Waals surface area contributed by atoms with Gasteiger partial charge in [0.05, 0.1) is 6.10 Å².